The van der Waals surface area contributed by atoms with Crippen LogP contribution >= 0.6 is 0 Å². The van der Waals surface area contributed by atoms with E-state index >= 15 is 0 Å². The van der Waals surface area contributed by atoms with Gasteiger partial charge in [0.1, 0.15) is 5.75 Å². The number of hydrogen-bond donors (Lipinski definition) is 2. The van der Waals surface area contributed by atoms with Crippen LogP contribution < -0.4 is 15.4 Å². The van der Waals surface area contributed by atoms with Crippen LogP contribution in [0, 0.1) is 11.8 Å². The second-order valence-corrected chi connectivity index (χ2v) is 8.74. The van der Waals surface area contributed by atoms with Gasteiger partial charge in [0.25, 0.3) is 0 Å². The number of rotatable bonds is 7. The molecule has 8 nitrogen and oxygen atoms in total. The zero-order chi connectivity index (χ0) is 19.4. The molecule has 2 fully saturated rings. The van der Waals surface area contributed by atoms with Gasteiger partial charge in [-0.15, -0.1) is 0 Å². The first-order valence-electron chi connectivity index (χ1n) is 9.29. The van der Waals surface area contributed by atoms with E-state index in [1.807, 2.05) is 13.8 Å². The number of carbonyl (C=O) groups is 1. The third-order valence-electron chi connectivity index (χ3n) is 5.05. The van der Waals surface area contributed by atoms with Crippen molar-refractivity contribution in [3.8, 4) is 5.75 Å². The SMILES string of the molecule is CCOc1ccc(S(=O)(=O)N2CCOCC2)cc1NC(=O)C(C)C1CNC1. The first kappa shape index (κ1) is 20.1. The van der Waals surface area contributed by atoms with Crippen LogP contribution in [0.15, 0.2) is 23.1 Å². The molecule has 0 saturated carbocycles. The van der Waals surface area contributed by atoms with Gasteiger partial charge in [-0.25, -0.2) is 8.42 Å². The molecule has 27 heavy (non-hydrogen) atoms. The van der Waals surface area contributed by atoms with E-state index in [-0.39, 0.29) is 16.7 Å². The van der Waals surface area contributed by atoms with Gasteiger partial charge in [0.2, 0.25) is 15.9 Å². The van der Waals surface area contributed by atoms with E-state index < -0.39 is 10.0 Å². The molecular weight excluding hydrogens is 370 g/mol. The van der Waals surface area contributed by atoms with Crippen LogP contribution in [0.4, 0.5) is 5.69 Å². The first-order chi connectivity index (χ1) is 12.9. The number of ether oxygens (including phenoxy) is 2. The van der Waals surface area contributed by atoms with E-state index in [9.17, 15) is 13.2 Å². The minimum atomic E-state index is -3.65. The molecule has 1 unspecified atom stereocenters. The topological polar surface area (TPSA) is 97.0 Å². The number of nitrogens with one attached hydrogen (secondary N) is 2. The van der Waals surface area contributed by atoms with Crippen LogP contribution in [0.1, 0.15) is 13.8 Å². The monoisotopic (exact) mass is 397 g/mol. The molecule has 3 rings (SSSR count). The van der Waals surface area contributed by atoms with Crippen molar-refractivity contribution in [3.05, 3.63) is 18.2 Å². The summed E-state index contributed by atoms with van der Waals surface area (Å²) in [7, 11) is -3.65. The maximum absolute atomic E-state index is 12.9. The smallest absolute Gasteiger partial charge is 0.243 e. The van der Waals surface area contributed by atoms with Crippen LogP contribution in [0.5, 0.6) is 5.75 Å². The van der Waals surface area contributed by atoms with E-state index in [4.69, 9.17) is 9.47 Å². The molecule has 2 N–H and O–H groups in total. The summed E-state index contributed by atoms with van der Waals surface area (Å²) in [5.41, 5.74) is 0.385. The minimum absolute atomic E-state index is 0.136. The fourth-order valence-electron chi connectivity index (χ4n) is 3.11. The van der Waals surface area contributed by atoms with Crippen molar-refractivity contribution in [2.24, 2.45) is 11.8 Å². The lowest BCUT2D eigenvalue weighted by atomic mass is 9.88. The number of anilines is 1. The molecule has 0 aromatic heterocycles. The van der Waals surface area contributed by atoms with Gasteiger partial charge in [-0.1, -0.05) is 6.92 Å². The highest BCUT2D eigenvalue weighted by molar-refractivity contribution is 7.89. The standard InChI is InChI=1S/C18H27N3O5S/c1-3-26-17-5-4-15(27(23,24)21-6-8-25-9-7-21)10-16(17)20-18(22)13(2)14-11-19-12-14/h4-5,10,13-14,19H,3,6-9,11-12H2,1-2H3,(H,20,22). The Bertz CT molecular complexity index is 773. The summed E-state index contributed by atoms with van der Waals surface area (Å²) in [5.74, 6) is 0.454. The predicted octanol–water partition coefficient (Wildman–Crippen LogP) is 0.900. The van der Waals surface area contributed by atoms with E-state index in [0.29, 0.717) is 50.3 Å². The Balaban J connectivity index is 1.84. The third-order valence-corrected chi connectivity index (χ3v) is 6.94. The van der Waals surface area contributed by atoms with Crippen LogP contribution in [-0.4, -0.2) is 64.6 Å². The molecule has 1 aromatic rings. The number of hydrogen-bond acceptors (Lipinski definition) is 6. The Morgan fingerprint density at radius 1 is 1.37 bits per heavy atom. The van der Waals surface area contributed by atoms with Crippen molar-refractivity contribution in [1.29, 1.82) is 0 Å². The van der Waals surface area contributed by atoms with Gasteiger partial charge in [-0.2, -0.15) is 4.31 Å². The molecule has 1 atom stereocenters. The summed E-state index contributed by atoms with van der Waals surface area (Å²) in [6.07, 6.45) is 0. The number of nitrogens with zero attached hydrogens (tertiary/aromatic N) is 1. The lowest BCUT2D eigenvalue weighted by Crippen LogP contribution is -2.48. The largest absolute Gasteiger partial charge is 0.492 e. The van der Waals surface area contributed by atoms with Gasteiger partial charge in [0.15, 0.2) is 0 Å². The fourth-order valence-corrected chi connectivity index (χ4v) is 4.54. The molecule has 0 bridgehead atoms. The van der Waals surface area contributed by atoms with Gasteiger partial charge < -0.3 is 20.1 Å². The summed E-state index contributed by atoms with van der Waals surface area (Å²) in [6, 6.07) is 4.60. The number of morpholine rings is 1. The van der Waals surface area contributed by atoms with E-state index in [1.165, 1.54) is 16.4 Å². The van der Waals surface area contributed by atoms with Gasteiger partial charge in [0, 0.05) is 19.0 Å². The second-order valence-electron chi connectivity index (χ2n) is 6.80. The number of sulfonamides is 1. The summed E-state index contributed by atoms with van der Waals surface area (Å²) in [4.78, 5) is 12.7. The molecule has 2 aliphatic heterocycles. The zero-order valence-corrected chi connectivity index (χ0v) is 16.5. The summed E-state index contributed by atoms with van der Waals surface area (Å²) < 4.78 is 38.0. The molecule has 0 aliphatic carbocycles. The number of benzene rings is 1. The van der Waals surface area contributed by atoms with E-state index in [0.717, 1.165) is 13.1 Å². The molecule has 2 heterocycles. The van der Waals surface area contributed by atoms with Crippen LogP contribution in [-0.2, 0) is 19.6 Å². The maximum Gasteiger partial charge on any atom is 0.243 e. The Labute approximate surface area is 160 Å². The van der Waals surface area contributed by atoms with Crippen LogP contribution in [0.3, 0.4) is 0 Å². The highest BCUT2D eigenvalue weighted by atomic mass is 32.2. The Morgan fingerprint density at radius 3 is 2.67 bits per heavy atom. The van der Waals surface area contributed by atoms with Gasteiger partial charge in [0.05, 0.1) is 30.4 Å². The quantitative estimate of drug-likeness (QED) is 0.710. The molecule has 1 amide bonds. The van der Waals surface area contributed by atoms with Crippen molar-refractivity contribution in [3.63, 3.8) is 0 Å². The third kappa shape index (κ3) is 4.43. The summed E-state index contributed by atoms with van der Waals surface area (Å²) >= 11 is 0. The second kappa shape index (κ2) is 8.55. The van der Waals surface area contributed by atoms with Crippen LogP contribution in [0.2, 0.25) is 0 Å². The molecule has 9 heteroatoms. The average Bonchev–Trinajstić information content (AvgIpc) is 2.62. The van der Waals surface area contributed by atoms with E-state index in [2.05, 4.69) is 10.6 Å². The van der Waals surface area contributed by atoms with Gasteiger partial charge in [-0.05, 0) is 44.1 Å². The minimum Gasteiger partial charge on any atom is -0.492 e. The molecule has 0 radical (unpaired) electrons. The molecular formula is C18H27N3O5S. The Kier molecular flexibility index (Phi) is 6.36. The maximum atomic E-state index is 12.9. The normalized spacial score (nSPS) is 19.9. The number of carbonyl (C=O) groups excluding carboxylic acids is 1. The highest BCUT2D eigenvalue weighted by Crippen LogP contribution is 2.30. The first-order valence-corrected chi connectivity index (χ1v) is 10.7. The fraction of sp³-hybridized carbons (Fsp3) is 0.611. The highest BCUT2D eigenvalue weighted by Gasteiger charge is 2.30. The van der Waals surface area contributed by atoms with Crippen molar-refractivity contribution >= 4 is 21.6 Å². The molecule has 150 valence electrons. The molecule has 2 saturated heterocycles. The van der Waals surface area contributed by atoms with Crippen molar-refractivity contribution in [2.45, 2.75) is 18.7 Å². The molecule has 0 spiro atoms. The molecule has 2 aliphatic rings. The van der Waals surface area contributed by atoms with E-state index in [1.54, 1.807) is 6.07 Å². The van der Waals surface area contributed by atoms with Gasteiger partial charge >= 0.3 is 0 Å². The van der Waals surface area contributed by atoms with Gasteiger partial charge in [-0.3, -0.25) is 4.79 Å². The average molecular weight is 397 g/mol. The zero-order valence-electron chi connectivity index (χ0n) is 15.7. The van der Waals surface area contributed by atoms with Crippen molar-refractivity contribution in [2.75, 3.05) is 51.3 Å². The predicted molar refractivity (Wildman–Crippen MR) is 101 cm³/mol. The summed E-state index contributed by atoms with van der Waals surface area (Å²) in [5, 5.41) is 6.02. The lowest BCUT2D eigenvalue weighted by molar-refractivity contribution is -0.121. The lowest BCUT2D eigenvalue weighted by Gasteiger charge is -2.32. The number of amides is 1. The van der Waals surface area contributed by atoms with Crippen LogP contribution in [0.25, 0.3) is 0 Å². The molecule has 1 aromatic carbocycles. The summed E-state index contributed by atoms with van der Waals surface area (Å²) in [6.45, 7) is 7.19. The van der Waals surface area contributed by atoms with Crippen molar-refractivity contribution < 1.29 is 22.7 Å². The van der Waals surface area contributed by atoms with Crippen molar-refractivity contribution in [1.82, 2.24) is 9.62 Å². The Hall–Kier alpha value is -1.68. The Morgan fingerprint density at radius 2 is 2.07 bits per heavy atom.